The first-order chi connectivity index (χ1) is 7.93. The topological polar surface area (TPSA) is 76.3 Å². The predicted molar refractivity (Wildman–Crippen MR) is 64.6 cm³/mol. The van der Waals surface area contributed by atoms with E-state index in [4.69, 9.17) is 17.3 Å². The number of hydrogen-bond donors (Lipinski definition) is 1. The molecule has 2 N–H and O–H groups in total. The third kappa shape index (κ3) is 3.42. The van der Waals surface area contributed by atoms with E-state index in [2.05, 4.69) is 4.98 Å². The minimum Gasteiger partial charge on any atom is -0.368 e. The van der Waals surface area contributed by atoms with Gasteiger partial charge in [-0.15, -0.1) is 0 Å². The first-order valence-corrected chi connectivity index (χ1v) is 5.50. The van der Waals surface area contributed by atoms with Gasteiger partial charge in [0.15, 0.2) is 0 Å². The summed E-state index contributed by atoms with van der Waals surface area (Å²) >= 11 is 5.88. The summed E-state index contributed by atoms with van der Waals surface area (Å²) < 4.78 is 0. The van der Waals surface area contributed by atoms with Crippen molar-refractivity contribution >= 4 is 23.4 Å². The normalized spacial score (nSPS) is 10.4. The van der Waals surface area contributed by atoms with Crippen LogP contribution < -0.4 is 5.73 Å². The summed E-state index contributed by atoms with van der Waals surface area (Å²) in [4.78, 5) is 28.2. The van der Waals surface area contributed by atoms with Crippen molar-refractivity contribution in [2.75, 3.05) is 6.54 Å². The van der Waals surface area contributed by atoms with Crippen LogP contribution in [0, 0.1) is 0 Å². The monoisotopic (exact) mass is 255 g/mol. The molecule has 0 aliphatic carbocycles. The molecule has 1 heterocycles. The van der Waals surface area contributed by atoms with Crippen LogP contribution in [0.1, 0.15) is 24.2 Å². The fourth-order valence-electron chi connectivity index (χ4n) is 1.36. The van der Waals surface area contributed by atoms with Crippen molar-refractivity contribution in [3.05, 3.63) is 29.0 Å². The number of halogens is 1. The zero-order valence-corrected chi connectivity index (χ0v) is 10.4. The Hall–Kier alpha value is -1.62. The fourth-order valence-corrected chi connectivity index (χ4v) is 1.56. The van der Waals surface area contributed by atoms with Crippen molar-refractivity contribution in [3.8, 4) is 0 Å². The molecule has 17 heavy (non-hydrogen) atoms. The molecule has 2 amide bonds. The Morgan fingerprint density at radius 1 is 1.53 bits per heavy atom. The van der Waals surface area contributed by atoms with Gasteiger partial charge in [-0.3, -0.25) is 14.6 Å². The van der Waals surface area contributed by atoms with Crippen molar-refractivity contribution in [1.82, 2.24) is 9.88 Å². The van der Waals surface area contributed by atoms with Crippen molar-refractivity contribution in [3.63, 3.8) is 0 Å². The van der Waals surface area contributed by atoms with Gasteiger partial charge in [0.1, 0.15) is 0 Å². The molecule has 1 aromatic heterocycles. The Labute approximate surface area is 105 Å². The van der Waals surface area contributed by atoms with E-state index >= 15 is 0 Å². The number of aromatic nitrogens is 1. The van der Waals surface area contributed by atoms with E-state index in [-0.39, 0.29) is 23.5 Å². The van der Waals surface area contributed by atoms with E-state index in [1.165, 1.54) is 23.4 Å². The number of primary amides is 1. The molecule has 0 unspecified atom stereocenters. The zero-order valence-electron chi connectivity index (χ0n) is 9.68. The van der Waals surface area contributed by atoms with Crippen molar-refractivity contribution in [2.24, 2.45) is 5.73 Å². The summed E-state index contributed by atoms with van der Waals surface area (Å²) in [6.45, 7) is 3.47. The summed E-state index contributed by atoms with van der Waals surface area (Å²) in [6, 6.07) is 1.38. The molecule has 0 saturated heterocycles. The van der Waals surface area contributed by atoms with Crippen LogP contribution in [0.3, 0.4) is 0 Å². The molecule has 0 radical (unpaired) electrons. The van der Waals surface area contributed by atoms with E-state index in [1.54, 1.807) is 13.8 Å². The van der Waals surface area contributed by atoms with Gasteiger partial charge in [-0.25, -0.2) is 0 Å². The number of nitrogens with zero attached hydrogens (tertiary/aromatic N) is 2. The molecule has 92 valence electrons. The average molecular weight is 256 g/mol. The number of rotatable bonds is 4. The van der Waals surface area contributed by atoms with Crippen LogP contribution in [0.25, 0.3) is 0 Å². The maximum atomic E-state index is 12.1. The smallest absolute Gasteiger partial charge is 0.256 e. The SMILES string of the molecule is CC(C)N(CC(N)=O)C(=O)c1ccncc1Cl. The van der Waals surface area contributed by atoms with Gasteiger partial charge in [-0.05, 0) is 19.9 Å². The molecule has 0 fully saturated rings. The standard InChI is InChI=1S/C11H14ClN3O2/c1-7(2)15(6-10(13)16)11(17)8-3-4-14-5-9(8)12/h3-5,7H,6H2,1-2H3,(H2,13,16). The lowest BCUT2D eigenvalue weighted by molar-refractivity contribution is -0.119. The molecule has 1 rings (SSSR count). The van der Waals surface area contributed by atoms with Crippen LogP contribution in [-0.2, 0) is 4.79 Å². The molecule has 6 heteroatoms. The highest BCUT2D eigenvalue weighted by Crippen LogP contribution is 2.16. The Bertz CT molecular complexity index is 434. The molecule has 0 aromatic carbocycles. The molecule has 0 saturated carbocycles. The maximum Gasteiger partial charge on any atom is 0.256 e. The first-order valence-electron chi connectivity index (χ1n) is 5.12. The second kappa shape index (κ2) is 5.63. The number of hydrogen-bond acceptors (Lipinski definition) is 3. The first kappa shape index (κ1) is 13.4. The number of carbonyl (C=O) groups excluding carboxylic acids is 2. The van der Waals surface area contributed by atoms with E-state index < -0.39 is 5.91 Å². The molecule has 0 spiro atoms. The largest absolute Gasteiger partial charge is 0.368 e. The third-order valence-electron chi connectivity index (χ3n) is 2.21. The van der Waals surface area contributed by atoms with Crippen molar-refractivity contribution in [2.45, 2.75) is 19.9 Å². The van der Waals surface area contributed by atoms with Crippen LogP contribution in [0.2, 0.25) is 5.02 Å². The van der Waals surface area contributed by atoms with Crippen LogP contribution in [0.4, 0.5) is 0 Å². The lowest BCUT2D eigenvalue weighted by atomic mass is 10.2. The highest BCUT2D eigenvalue weighted by Gasteiger charge is 2.22. The van der Waals surface area contributed by atoms with Gasteiger partial charge in [0.25, 0.3) is 5.91 Å². The van der Waals surface area contributed by atoms with Crippen LogP contribution in [-0.4, -0.2) is 34.3 Å². The number of carbonyl (C=O) groups is 2. The summed E-state index contributed by atoms with van der Waals surface area (Å²) in [7, 11) is 0. The van der Waals surface area contributed by atoms with Gasteiger partial charge in [-0.1, -0.05) is 11.6 Å². The minimum atomic E-state index is -0.558. The third-order valence-corrected chi connectivity index (χ3v) is 2.51. The molecule has 5 nitrogen and oxygen atoms in total. The fraction of sp³-hybridized carbons (Fsp3) is 0.364. The van der Waals surface area contributed by atoms with Gasteiger partial charge in [-0.2, -0.15) is 0 Å². The predicted octanol–water partition coefficient (Wildman–Crippen LogP) is 1.07. The molecule has 0 bridgehead atoms. The second-order valence-corrected chi connectivity index (χ2v) is 4.26. The van der Waals surface area contributed by atoms with Gasteiger partial charge in [0.05, 0.1) is 17.1 Å². The Kier molecular flexibility index (Phi) is 4.45. The highest BCUT2D eigenvalue weighted by atomic mass is 35.5. The van der Waals surface area contributed by atoms with Gasteiger partial charge in [0.2, 0.25) is 5.91 Å². The summed E-state index contributed by atoms with van der Waals surface area (Å²) in [6.07, 6.45) is 2.86. The van der Waals surface area contributed by atoms with Gasteiger partial charge in [0, 0.05) is 18.4 Å². The van der Waals surface area contributed by atoms with Crippen molar-refractivity contribution < 1.29 is 9.59 Å². The molecule has 1 aromatic rings. The zero-order chi connectivity index (χ0) is 13.0. The lowest BCUT2D eigenvalue weighted by Gasteiger charge is -2.25. The number of nitrogens with two attached hydrogens (primary N) is 1. The van der Waals surface area contributed by atoms with Crippen molar-refractivity contribution in [1.29, 1.82) is 0 Å². The van der Waals surface area contributed by atoms with Crippen LogP contribution in [0.15, 0.2) is 18.5 Å². The summed E-state index contributed by atoms with van der Waals surface area (Å²) in [5.74, 6) is -0.886. The van der Waals surface area contributed by atoms with Crippen LogP contribution >= 0.6 is 11.6 Å². The van der Waals surface area contributed by atoms with Gasteiger partial charge >= 0.3 is 0 Å². The average Bonchev–Trinajstić information content (AvgIpc) is 2.25. The number of pyridine rings is 1. The Morgan fingerprint density at radius 2 is 2.18 bits per heavy atom. The molecular weight excluding hydrogens is 242 g/mol. The second-order valence-electron chi connectivity index (χ2n) is 3.85. The van der Waals surface area contributed by atoms with E-state index in [0.717, 1.165) is 0 Å². The highest BCUT2D eigenvalue weighted by molar-refractivity contribution is 6.33. The van der Waals surface area contributed by atoms with E-state index in [1.807, 2.05) is 0 Å². The van der Waals surface area contributed by atoms with Gasteiger partial charge < -0.3 is 10.6 Å². The summed E-state index contributed by atoms with van der Waals surface area (Å²) in [5.41, 5.74) is 5.42. The molecule has 0 aliphatic rings. The quantitative estimate of drug-likeness (QED) is 0.874. The summed E-state index contributed by atoms with van der Waals surface area (Å²) in [5, 5.41) is 0.257. The van der Waals surface area contributed by atoms with E-state index in [0.29, 0.717) is 5.56 Å². The molecule has 0 atom stereocenters. The molecular formula is C11H14ClN3O2. The maximum absolute atomic E-state index is 12.1. The minimum absolute atomic E-state index is 0.130. The molecule has 0 aliphatic heterocycles. The number of amides is 2. The van der Waals surface area contributed by atoms with Crippen LogP contribution in [0.5, 0.6) is 0 Å². The Balaban J connectivity index is 3.00. The lowest BCUT2D eigenvalue weighted by Crippen LogP contribution is -2.42. The Morgan fingerprint density at radius 3 is 2.65 bits per heavy atom. The van der Waals surface area contributed by atoms with E-state index in [9.17, 15) is 9.59 Å².